The predicted octanol–water partition coefficient (Wildman–Crippen LogP) is -0.911. The summed E-state index contributed by atoms with van der Waals surface area (Å²) in [5, 5.41) is 27.6. The molecule has 1 aromatic rings. The van der Waals surface area contributed by atoms with Crippen molar-refractivity contribution in [2.24, 2.45) is 0 Å². The van der Waals surface area contributed by atoms with Gasteiger partial charge in [0.1, 0.15) is 0 Å². The Hall–Kier alpha value is -1.51. The number of hydrogen-bond donors (Lipinski definition) is 2. The highest BCUT2D eigenvalue weighted by atomic mass is 32.2. The van der Waals surface area contributed by atoms with Crippen LogP contribution < -0.4 is 0 Å². The number of nitriles is 1. The highest BCUT2D eigenvalue weighted by molar-refractivity contribution is 7.92. The minimum absolute atomic E-state index is 0.123. The van der Waals surface area contributed by atoms with E-state index >= 15 is 0 Å². The molecule has 0 unspecified atom stereocenters. The number of aliphatic hydroxyl groups excluding tert-OH is 2. The van der Waals surface area contributed by atoms with Gasteiger partial charge in [-0.1, -0.05) is 6.07 Å². The molecule has 0 aliphatic carbocycles. The maximum absolute atomic E-state index is 12.9. The Morgan fingerprint density at radius 3 is 2.67 bits per heavy atom. The minimum atomic E-state index is -4.13. The molecule has 2 atom stereocenters. The zero-order chi connectivity index (χ0) is 18.0. The van der Waals surface area contributed by atoms with Crippen LogP contribution in [0.2, 0.25) is 0 Å². The molecule has 1 heterocycles. The monoisotopic (exact) mass is 374 g/mol. The van der Waals surface area contributed by atoms with Crippen molar-refractivity contribution in [3.63, 3.8) is 0 Å². The molecule has 2 rings (SSSR count). The van der Waals surface area contributed by atoms with E-state index in [1.165, 1.54) is 24.3 Å². The first-order chi connectivity index (χ1) is 11.2. The average Bonchev–Trinajstić information content (AvgIpc) is 2.91. The zero-order valence-corrected chi connectivity index (χ0v) is 14.4. The molecule has 1 saturated heterocycles. The number of rotatable bonds is 6. The summed E-state index contributed by atoms with van der Waals surface area (Å²) in [5.41, 5.74) is 0.151. The maximum atomic E-state index is 12.9. The molecule has 0 amide bonds. The minimum Gasteiger partial charge on any atom is -0.394 e. The van der Waals surface area contributed by atoms with Gasteiger partial charge in [-0.05, 0) is 24.6 Å². The third kappa shape index (κ3) is 4.12. The van der Waals surface area contributed by atoms with E-state index in [9.17, 15) is 21.9 Å². The van der Waals surface area contributed by atoms with E-state index in [1.807, 2.05) is 6.07 Å². The lowest BCUT2D eigenvalue weighted by atomic mass is 10.2. The normalized spacial score (nSPS) is 21.5. The lowest BCUT2D eigenvalue weighted by Gasteiger charge is -2.29. The number of sulfone groups is 1. The molecular formula is C14H18N2O6S2. The summed E-state index contributed by atoms with van der Waals surface area (Å²) in [6.07, 6.45) is -1.21. The van der Waals surface area contributed by atoms with Crippen molar-refractivity contribution in [1.29, 1.82) is 5.26 Å². The Balaban J connectivity index is 2.43. The third-order valence-electron chi connectivity index (χ3n) is 3.79. The molecule has 1 aliphatic heterocycles. The molecule has 8 nitrogen and oxygen atoms in total. The summed E-state index contributed by atoms with van der Waals surface area (Å²) in [4.78, 5) is -0.156. The fraction of sp³-hybridized carbons (Fsp3) is 0.500. The SMILES string of the molecule is N#Cc1cccc(S(=O)(=O)N(C[C@@H](O)CO)[C@@H]2CCS(=O)(=O)C2)c1. The fourth-order valence-electron chi connectivity index (χ4n) is 2.57. The van der Waals surface area contributed by atoms with Crippen molar-refractivity contribution in [1.82, 2.24) is 4.31 Å². The summed E-state index contributed by atoms with van der Waals surface area (Å²) in [5.74, 6) is -0.459. The lowest BCUT2D eigenvalue weighted by Crippen LogP contribution is -2.46. The van der Waals surface area contributed by atoms with Crippen LogP contribution in [0.4, 0.5) is 0 Å². The van der Waals surface area contributed by atoms with Crippen LogP contribution in [-0.2, 0) is 19.9 Å². The van der Waals surface area contributed by atoms with Crippen molar-refractivity contribution in [3.05, 3.63) is 29.8 Å². The van der Waals surface area contributed by atoms with Gasteiger partial charge in [-0.15, -0.1) is 0 Å². The molecule has 132 valence electrons. The van der Waals surface area contributed by atoms with Gasteiger partial charge in [0.2, 0.25) is 10.0 Å². The summed E-state index contributed by atoms with van der Waals surface area (Å²) in [6.45, 7) is -1.07. The number of nitrogens with zero attached hydrogens (tertiary/aromatic N) is 2. The largest absolute Gasteiger partial charge is 0.394 e. The summed E-state index contributed by atoms with van der Waals surface area (Å²) >= 11 is 0. The smallest absolute Gasteiger partial charge is 0.243 e. The second-order valence-corrected chi connectivity index (χ2v) is 9.73. The number of aliphatic hydroxyl groups is 2. The second-order valence-electron chi connectivity index (χ2n) is 5.61. The Labute approximate surface area is 140 Å². The standard InChI is InChI=1S/C14H18N2O6S2/c15-7-11-2-1-3-14(6-11)24(21,22)16(8-13(18)9-17)12-4-5-23(19,20)10-12/h1-3,6,12-13,17-18H,4-5,8-10H2/t12-,13-/m1/s1. The van der Waals surface area contributed by atoms with Crippen LogP contribution in [0.3, 0.4) is 0 Å². The van der Waals surface area contributed by atoms with Crippen LogP contribution in [0.1, 0.15) is 12.0 Å². The van der Waals surface area contributed by atoms with E-state index in [2.05, 4.69) is 0 Å². The van der Waals surface area contributed by atoms with E-state index in [4.69, 9.17) is 10.4 Å². The molecule has 1 aliphatic rings. The molecule has 0 radical (unpaired) electrons. The van der Waals surface area contributed by atoms with E-state index < -0.39 is 45.2 Å². The van der Waals surface area contributed by atoms with Gasteiger partial charge in [0.05, 0.1) is 40.7 Å². The predicted molar refractivity (Wildman–Crippen MR) is 85.2 cm³/mol. The second kappa shape index (κ2) is 7.16. The van der Waals surface area contributed by atoms with Crippen molar-refractivity contribution in [2.75, 3.05) is 24.7 Å². The number of hydrogen-bond acceptors (Lipinski definition) is 7. The molecule has 0 bridgehead atoms. The van der Waals surface area contributed by atoms with Crippen LogP contribution in [-0.4, -0.2) is 68.2 Å². The van der Waals surface area contributed by atoms with Gasteiger partial charge in [0.15, 0.2) is 9.84 Å². The fourth-order valence-corrected chi connectivity index (χ4v) is 6.14. The van der Waals surface area contributed by atoms with Crippen molar-refractivity contribution in [2.45, 2.75) is 23.5 Å². The van der Waals surface area contributed by atoms with Gasteiger partial charge in [-0.25, -0.2) is 16.8 Å². The van der Waals surface area contributed by atoms with E-state index in [0.717, 1.165) is 4.31 Å². The Morgan fingerprint density at radius 2 is 2.12 bits per heavy atom. The highest BCUT2D eigenvalue weighted by Gasteiger charge is 2.39. The molecule has 0 saturated carbocycles. The van der Waals surface area contributed by atoms with E-state index in [1.54, 1.807) is 0 Å². The average molecular weight is 374 g/mol. The first-order valence-electron chi connectivity index (χ1n) is 7.21. The highest BCUT2D eigenvalue weighted by Crippen LogP contribution is 2.25. The summed E-state index contributed by atoms with van der Waals surface area (Å²) < 4.78 is 50.0. The van der Waals surface area contributed by atoms with Crippen LogP contribution in [0.15, 0.2) is 29.2 Å². The molecule has 0 spiro atoms. The Bertz CT molecular complexity index is 844. The van der Waals surface area contributed by atoms with Gasteiger partial charge in [-0.2, -0.15) is 9.57 Å². The first kappa shape index (κ1) is 18.8. The van der Waals surface area contributed by atoms with Gasteiger partial charge in [-0.3, -0.25) is 0 Å². The van der Waals surface area contributed by atoms with E-state index in [-0.39, 0.29) is 28.4 Å². The number of benzene rings is 1. The van der Waals surface area contributed by atoms with Gasteiger partial charge >= 0.3 is 0 Å². The van der Waals surface area contributed by atoms with Crippen LogP contribution in [0.25, 0.3) is 0 Å². The molecule has 10 heteroatoms. The Morgan fingerprint density at radius 1 is 1.42 bits per heavy atom. The molecular weight excluding hydrogens is 356 g/mol. The quantitative estimate of drug-likeness (QED) is 0.658. The third-order valence-corrected chi connectivity index (χ3v) is 7.45. The summed E-state index contributed by atoms with van der Waals surface area (Å²) in [6, 6.07) is 6.39. The first-order valence-corrected chi connectivity index (χ1v) is 10.5. The van der Waals surface area contributed by atoms with E-state index in [0.29, 0.717) is 0 Å². The van der Waals surface area contributed by atoms with Crippen molar-refractivity contribution < 1.29 is 27.0 Å². The maximum Gasteiger partial charge on any atom is 0.243 e. The van der Waals surface area contributed by atoms with Crippen molar-refractivity contribution in [3.8, 4) is 6.07 Å². The van der Waals surface area contributed by atoms with Gasteiger partial charge < -0.3 is 10.2 Å². The Kier molecular flexibility index (Phi) is 5.62. The van der Waals surface area contributed by atoms with Crippen molar-refractivity contribution >= 4 is 19.9 Å². The molecule has 1 fully saturated rings. The van der Waals surface area contributed by atoms with Crippen LogP contribution in [0.5, 0.6) is 0 Å². The van der Waals surface area contributed by atoms with Crippen LogP contribution in [0, 0.1) is 11.3 Å². The molecule has 0 aromatic heterocycles. The van der Waals surface area contributed by atoms with Gasteiger partial charge in [0.25, 0.3) is 0 Å². The lowest BCUT2D eigenvalue weighted by molar-refractivity contribution is 0.0730. The molecule has 24 heavy (non-hydrogen) atoms. The molecule has 2 N–H and O–H groups in total. The summed E-state index contributed by atoms with van der Waals surface area (Å²) in [7, 11) is -7.47. The zero-order valence-electron chi connectivity index (χ0n) is 12.7. The van der Waals surface area contributed by atoms with Gasteiger partial charge in [0, 0.05) is 12.6 Å². The molecule has 1 aromatic carbocycles. The van der Waals surface area contributed by atoms with Crippen LogP contribution >= 0.6 is 0 Å². The topological polar surface area (TPSA) is 136 Å². The number of sulfonamides is 1.